The molecular formula is C46H27NO. The number of hydrogen-bond acceptors (Lipinski definition) is 1. The van der Waals surface area contributed by atoms with Crippen LogP contribution in [-0.2, 0) is 0 Å². The fourth-order valence-corrected chi connectivity index (χ4v) is 8.16. The lowest BCUT2D eigenvalue weighted by Crippen LogP contribution is -1.95. The summed E-state index contributed by atoms with van der Waals surface area (Å²) in [7, 11) is 0. The molecule has 2 heteroatoms. The first-order valence-electron chi connectivity index (χ1n) is 16.5. The third kappa shape index (κ3) is 3.52. The van der Waals surface area contributed by atoms with Gasteiger partial charge >= 0.3 is 0 Å². The van der Waals surface area contributed by atoms with Gasteiger partial charge in [-0.05, 0) is 97.4 Å². The molecule has 48 heavy (non-hydrogen) atoms. The lowest BCUT2D eigenvalue weighted by Gasteiger charge is -2.14. The van der Waals surface area contributed by atoms with Crippen LogP contribution >= 0.6 is 0 Å². The molecule has 11 aromatic rings. The maximum atomic E-state index is 6.26. The largest absolute Gasteiger partial charge is 0.456 e. The average Bonchev–Trinajstić information content (AvgIpc) is 3.68. The minimum atomic E-state index is 0.919. The molecule has 222 valence electrons. The van der Waals surface area contributed by atoms with Crippen LogP contribution in [0.2, 0.25) is 0 Å². The number of aromatic nitrogens is 1. The van der Waals surface area contributed by atoms with Crippen LogP contribution in [0.4, 0.5) is 0 Å². The van der Waals surface area contributed by atoms with E-state index in [1.165, 1.54) is 76.1 Å². The number of fused-ring (bicyclic) bond motifs is 13. The molecule has 0 saturated heterocycles. The first-order valence-corrected chi connectivity index (χ1v) is 16.5. The Kier molecular flexibility index (Phi) is 5.14. The van der Waals surface area contributed by atoms with E-state index in [0.717, 1.165) is 27.5 Å². The van der Waals surface area contributed by atoms with Crippen molar-refractivity contribution in [3.05, 3.63) is 164 Å². The van der Waals surface area contributed by atoms with Crippen molar-refractivity contribution >= 4 is 86.8 Å². The molecule has 0 amide bonds. The van der Waals surface area contributed by atoms with Gasteiger partial charge in [0.1, 0.15) is 11.2 Å². The highest BCUT2D eigenvalue weighted by atomic mass is 16.3. The maximum Gasteiger partial charge on any atom is 0.136 e. The lowest BCUT2D eigenvalue weighted by atomic mass is 9.91. The van der Waals surface area contributed by atoms with Gasteiger partial charge in [0.15, 0.2) is 0 Å². The zero-order chi connectivity index (χ0) is 31.3. The van der Waals surface area contributed by atoms with Crippen molar-refractivity contribution in [1.29, 1.82) is 0 Å². The summed E-state index contributed by atoms with van der Waals surface area (Å²) >= 11 is 0. The number of nitrogens with zero attached hydrogens (tertiary/aromatic N) is 1. The summed E-state index contributed by atoms with van der Waals surface area (Å²) in [6, 6.07) is 59.7. The third-order valence-electron chi connectivity index (χ3n) is 10.3. The topological polar surface area (TPSA) is 18.1 Å². The number of benzene rings is 9. The Bertz CT molecular complexity index is 3120. The summed E-state index contributed by atoms with van der Waals surface area (Å²) in [6.07, 6.45) is 0. The highest BCUT2D eigenvalue weighted by molar-refractivity contribution is 6.29. The van der Waals surface area contributed by atoms with E-state index in [9.17, 15) is 0 Å². The second-order valence-electron chi connectivity index (χ2n) is 12.9. The summed E-state index contributed by atoms with van der Waals surface area (Å²) in [5.41, 5.74) is 7.83. The number of para-hydroxylation sites is 2. The van der Waals surface area contributed by atoms with E-state index in [1.54, 1.807) is 0 Å². The van der Waals surface area contributed by atoms with Gasteiger partial charge in [0.2, 0.25) is 0 Å². The maximum absolute atomic E-state index is 6.26. The van der Waals surface area contributed by atoms with Gasteiger partial charge < -0.3 is 8.98 Å². The molecular weight excluding hydrogens is 583 g/mol. The SMILES string of the molecule is c1ccc2c(-n3c4ccccc4c4cc5c6ccc(-c7ccc8c(c7)oc7ccccc78)cc6c6ccccc6c5cc43)cccc2c1. The van der Waals surface area contributed by atoms with Crippen molar-refractivity contribution < 1.29 is 4.42 Å². The molecule has 0 spiro atoms. The van der Waals surface area contributed by atoms with Crippen molar-refractivity contribution in [1.82, 2.24) is 4.57 Å². The summed E-state index contributed by atoms with van der Waals surface area (Å²) in [6.45, 7) is 0. The van der Waals surface area contributed by atoms with E-state index in [4.69, 9.17) is 4.42 Å². The van der Waals surface area contributed by atoms with E-state index in [2.05, 4.69) is 156 Å². The highest BCUT2D eigenvalue weighted by Crippen LogP contribution is 2.43. The Labute approximate surface area is 275 Å². The standard InChI is InChI=1S/C46H27NO/c1-2-12-31-28(10-1)11-9-18-42(31)47-43-17-7-5-15-35(43)41-26-39-34-22-20-29(24-38(34)32-13-3-4-14-33(32)40(39)27-44(41)47)30-21-23-37-36-16-6-8-19-45(36)48-46(37)25-30/h1-27H. The average molecular weight is 610 g/mol. The minimum Gasteiger partial charge on any atom is -0.456 e. The molecule has 0 unspecified atom stereocenters. The molecule has 0 aliphatic heterocycles. The van der Waals surface area contributed by atoms with Gasteiger partial charge in [0.05, 0.1) is 16.7 Å². The van der Waals surface area contributed by atoms with E-state index < -0.39 is 0 Å². The Hall–Kier alpha value is -6.38. The first kappa shape index (κ1) is 25.8. The van der Waals surface area contributed by atoms with E-state index in [1.807, 2.05) is 12.1 Å². The first-order chi connectivity index (χ1) is 23.8. The second-order valence-corrected chi connectivity index (χ2v) is 12.9. The number of hydrogen-bond donors (Lipinski definition) is 0. The van der Waals surface area contributed by atoms with Gasteiger partial charge in [-0.15, -0.1) is 0 Å². The van der Waals surface area contributed by atoms with E-state index >= 15 is 0 Å². The quantitative estimate of drug-likeness (QED) is 0.178. The van der Waals surface area contributed by atoms with Crippen LogP contribution < -0.4 is 0 Å². The fraction of sp³-hybridized carbons (Fsp3) is 0. The zero-order valence-corrected chi connectivity index (χ0v) is 25.9. The van der Waals surface area contributed by atoms with Gasteiger partial charge in [-0.3, -0.25) is 0 Å². The normalized spacial score (nSPS) is 12.2. The zero-order valence-electron chi connectivity index (χ0n) is 25.9. The van der Waals surface area contributed by atoms with Gasteiger partial charge in [-0.1, -0.05) is 115 Å². The van der Waals surface area contributed by atoms with Gasteiger partial charge in [-0.2, -0.15) is 0 Å². The second kappa shape index (κ2) is 9.57. The molecule has 9 aromatic carbocycles. The van der Waals surface area contributed by atoms with E-state index in [-0.39, 0.29) is 0 Å². The Balaban J connectivity index is 1.21. The molecule has 0 fully saturated rings. The molecule has 0 bridgehead atoms. The summed E-state index contributed by atoms with van der Waals surface area (Å²) in [4.78, 5) is 0. The molecule has 2 aromatic heterocycles. The van der Waals surface area contributed by atoms with Crippen LogP contribution in [0.25, 0.3) is 104 Å². The van der Waals surface area contributed by atoms with Crippen molar-refractivity contribution in [2.24, 2.45) is 0 Å². The molecule has 2 nitrogen and oxygen atoms in total. The lowest BCUT2D eigenvalue weighted by molar-refractivity contribution is 0.669. The smallest absolute Gasteiger partial charge is 0.136 e. The van der Waals surface area contributed by atoms with Crippen LogP contribution in [0.1, 0.15) is 0 Å². The van der Waals surface area contributed by atoms with Crippen molar-refractivity contribution in [2.45, 2.75) is 0 Å². The van der Waals surface area contributed by atoms with Crippen LogP contribution in [0.3, 0.4) is 0 Å². The number of rotatable bonds is 2. The Morgan fingerprint density at radius 1 is 0.312 bits per heavy atom. The molecule has 0 aliphatic carbocycles. The summed E-state index contributed by atoms with van der Waals surface area (Å²) in [5.74, 6) is 0. The molecule has 0 atom stereocenters. The predicted molar refractivity (Wildman–Crippen MR) is 204 cm³/mol. The van der Waals surface area contributed by atoms with Gasteiger partial charge in [-0.25, -0.2) is 0 Å². The van der Waals surface area contributed by atoms with Gasteiger partial charge in [0, 0.05) is 26.9 Å². The predicted octanol–water partition coefficient (Wildman–Crippen LogP) is 13.0. The summed E-state index contributed by atoms with van der Waals surface area (Å²) in [5, 5.41) is 14.9. The molecule has 0 aliphatic rings. The van der Waals surface area contributed by atoms with Crippen molar-refractivity contribution in [3.63, 3.8) is 0 Å². The summed E-state index contributed by atoms with van der Waals surface area (Å²) < 4.78 is 8.72. The molecule has 0 radical (unpaired) electrons. The van der Waals surface area contributed by atoms with Crippen LogP contribution in [-0.4, -0.2) is 4.57 Å². The highest BCUT2D eigenvalue weighted by Gasteiger charge is 2.18. The van der Waals surface area contributed by atoms with Crippen molar-refractivity contribution in [3.8, 4) is 16.8 Å². The third-order valence-corrected chi connectivity index (χ3v) is 10.3. The van der Waals surface area contributed by atoms with E-state index in [0.29, 0.717) is 0 Å². The molecule has 2 heterocycles. The molecule has 0 N–H and O–H groups in total. The minimum absolute atomic E-state index is 0.919. The fourth-order valence-electron chi connectivity index (χ4n) is 8.16. The molecule has 11 rings (SSSR count). The van der Waals surface area contributed by atoms with Gasteiger partial charge in [0.25, 0.3) is 0 Å². The monoisotopic (exact) mass is 609 g/mol. The van der Waals surface area contributed by atoms with Crippen molar-refractivity contribution in [2.75, 3.05) is 0 Å². The van der Waals surface area contributed by atoms with Crippen LogP contribution in [0, 0.1) is 0 Å². The Morgan fingerprint density at radius 2 is 0.896 bits per heavy atom. The van der Waals surface area contributed by atoms with Crippen LogP contribution in [0.15, 0.2) is 168 Å². The molecule has 0 saturated carbocycles. The number of furan rings is 1. The Morgan fingerprint density at radius 3 is 1.75 bits per heavy atom. The van der Waals surface area contributed by atoms with Crippen LogP contribution in [0.5, 0.6) is 0 Å².